The van der Waals surface area contributed by atoms with Gasteiger partial charge in [0.05, 0.1) is 21.5 Å². The summed E-state index contributed by atoms with van der Waals surface area (Å²) in [5, 5.41) is 3.78. The molecule has 2 aromatic heterocycles. The Labute approximate surface area is 158 Å². The minimum atomic E-state index is -0.335. The van der Waals surface area contributed by atoms with Gasteiger partial charge in [-0.2, -0.15) is 0 Å². The molecule has 0 atom stereocenters. The van der Waals surface area contributed by atoms with Crippen molar-refractivity contribution in [1.82, 2.24) is 15.0 Å². The van der Waals surface area contributed by atoms with Crippen LogP contribution in [0.1, 0.15) is 10.4 Å². The summed E-state index contributed by atoms with van der Waals surface area (Å²) < 4.78 is 19.2. The Kier molecular flexibility index (Phi) is 4.64. The predicted octanol–water partition coefficient (Wildman–Crippen LogP) is 4.53. The Bertz CT molecular complexity index is 1140. The highest BCUT2D eigenvalue weighted by molar-refractivity contribution is 7.09. The third kappa shape index (κ3) is 3.86. The lowest BCUT2D eigenvalue weighted by Gasteiger charge is -2.10. The quantitative estimate of drug-likeness (QED) is 0.519. The first kappa shape index (κ1) is 16.9. The number of hydrogen-bond donors (Lipinski definition) is 1. The second-order valence-electron chi connectivity index (χ2n) is 5.64. The zero-order chi connectivity index (χ0) is 18.6. The number of rotatable bonds is 5. The van der Waals surface area contributed by atoms with Gasteiger partial charge in [0.25, 0.3) is 0 Å². The predicted molar refractivity (Wildman–Crippen MR) is 104 cm³/mol. The van der Waals surface area contributed by atoms with E-state index in [-0.39, 0.29) is 5.82 Å². The van der Waals surface area contributed by atoms with Gasteiger partial charge in [0.2, 0.25) is 5.95 Å². The van der Waals surface area contributed by atoms with Crippen LogP contribution in [0.5, 0.6) is 5.75 Å². The van der Waals surface area contributed by atoms with Gasteiger partial charge in [-0.05, 0) is 24.3 Å². The molecule has 0 saturated heterocycles. The molecule has 132 valence electrons. The summed E-state index contributed by atoms with van der Waals surface area (Å²) in [5.41, 5.74) is 3.61. The number of benzene rings is 2. The molecule has 27 heavy (non-hydrogen) atoms. The van der Waals surface area contributed by atoms with E-state index >= 15 is 0 Å². The van der Waals surface area contributed by atoms with E-state index in [2.05, 4.69) is 26.2 Å². The fraction of sp³-hybridized carbons (Fsp3) is 0.0500. The molecular formula is C20H13FN4OS. The van der Waals surface area contributed by atoms with Crippen LogP contribution in [0.4, 0.5) is 16.0 Å². The van der Waals surface area contributed by atoms with Crippen molar-refractivity contribution in [2.24, 2.45) is 0 Å². The van der Waals surface area contributed by atoms with Crippen LogP contribution in [-0.2, 0) is 6.61 Å². The van der Waals surface area contributed by atoms with Gasteiger partial charge in [-0.3, -0.25) is 4.98 Å². The highest BCUT2D eigenvalue weighted by atomic mass is 32.1. The average molecular weight is 376 g/mol. The SMILES string of the molecule is C#Cc1cc2cnc(Nc3cccc(F)c3)nc2cc1OCc1cncs1. The van der Waals surface area contributed by atoms with Crippen molar-refractivity contribution in [3.63, 3.8) is 0 Å². The number of hydrogen-bond acceptors (Lipinski definition) is 6. The lowest BCUT2D eigenvalue weighted by molar-refractivity contribution is 0.309. The van der Waals surface area contributed by atoms with Crippen LogP contribution in [-0.4, -0.2) is 15.0 Å². The number of nitrogens with zero attached hydrogens (tertiary/aromatic N) is 3. The molecule has 2 aromatic carbocycles. The standard InChI is InChI=1S/C20H13FN4OS/c1-2-13-6-14-9-23-20(24-16-5-3-4-15(21)7-16)25-18(14)8-19(13)26-11-17-10-22-12-27-17/h1,3-10,12H,11H2,(H,23,24,25). The molecule has 0 fully saturated rings. The molecule has 1 N–H and O–H groups in total. The topological polar surface area (TPSA) is 59.9 Å². The maximum atomic E-state index is 13.3. The summed E-state index contributed by atoms with van der Waals surface area (Å²) in [7, 11) is 0. The second kappa shape index (κ2) is 7.40. The molecule has 7 heteroatoms. The summed E-state index contributed by atoms with van der Waals surface area (Å²) in [6, 6.07) is 9.69. The summed E-state index contributed by atoms with van der Waals surface area (Å²) in [4.78, 5) is 13.8. The van der Waals surface area contributed by atoms with Crippen molar-refractivity contribution in [3.8, 4) is 18.1 Å². The molecule has 0 saturated carbocycles. The van der Waals surface area contributed by atoms with E-state index in [1.165, 1.54) is 23.5 Å². The van der Waals surface area contributed by atoms with Crippen molar-refractivity contribution in [2.45, 2.75) is 6.61 Å². The number of halogens is 1. The maximum Gasteiger partial charge on any atom is 0.227 e. The third-order valence-electron chi connectivity index (χ3n) is 3.77. The molecule has 0 aliphatic rings. The van der Waals surface area contributed by atoms with Gasteiger partial charge in [-0.1, -0.05) is 12.0 Å². The average Bonchev–Trinajstić information content (AvgIpc) is 3.19. The van der Waals surface area contributed by atoms with Crippen LogP contribution >= 0.6 is 11.3 Å². The lowest BCUT2D eigenvalue weighted by atomic mass is 10.1. The van der Waals surface area contributed by atoms with Gasteiger partial charge >= 0.3 is 0 Å². The second-order valence-corrected chi connectivity index (χ2v) is 6.61. The summed E-state index contributed by atoms with van der Waals surface area (Å²) in [6.07, 6.45) is 9.03. The molecule has 0 amide bonds. The van der Waals surface area contributed by atoms with Crippen LogP contribution in [0, 0.1) is 18.2 Å². The normalized spacial score (nSPS) is 10.5. The Morgan fingerprint density at radius 1 is 1.22 bits per heavy atom. The molecule has 4 aromatic rings. The first-order valence-electron chi connectivity index (χ1n) is 8.01. The van der Waals surface area contributed by atoms with Crippen LogP contribution in [0.15, 0.2) is 54.3 Å². The van der Waals surface area contributed by atoms with Crippen molar-refractivity contribution < 1.29 is 9.13 Å². The highest BCUT2D eigenvalue weighted by Gasteiger charge is 2.09. The Morgan fingerprint density at radius 3 is 2.93 bits per heavy atom. The molecule has 4 rings (SSSR count). The Balaban J connectivity index is 1.64. The molecule has 0 spiro atoms. The number of fused-ring (bicyclic) bond motifs is 1. The van der Waals surface area contributed by atoms with Gasteiger partial charge < -0.3 is 10.1 Å². The van der Waals surface area contributed by atoms with Crippen molar-refractivity contribution in [2.75, 3.05) is 5.32 Å². The van der Waals surface area contributed by atoms with Crippen molar-refractivity contribution in [1.29, 1.82) is 0 Å². The Morgan fingerprint density at radius 2 is 2.15 bits per heavy atom. The van der Waals surface area contributed by atoms with Gasteiger partial charge in [0.1, 0.15) is 18.2 Å². The first-order valence-corrected chi connectivity index (χ1v) is 8.89. The zero-order valence-corrected chi connectivity index (χ0v) is 14.8. The lowest BCUT2D eigenvalue weighted by Crippen LogP contribution is -1.99. The van der Waals surface area contributed by atoms with E-state index < -0.39 is 0 Å². The van der Waals surface area contributed by atoms with E-state index in [0.717, 1.165) is 10.3 Å². The van der Waals surface area contributed by atoms with Gasteiger partial charge in [-0.15, -0.1) is 17.8 Å². The largest absolute Gasteiger partial charge is 0.487 e. The fourth-order valence-corrected chi connectivity index (χ4v) is 3.02. The van der Waals surface area contributed by atoms with Crippen molar-refractivity contribution in [3.05, 3.63) is 70.6 Å². The molecule has 0 aliphatic carbocycles. The van der Waals surface area contributed by atoms with Crippen LogP contribution in [0.25, 0.3) is 10.9 Å². The van der Waals surface area contributed by atoms with Crippen LogP contribution in [0.2, 0.25) is 0 Å². The van der Waals surface area contributed by atoms with Crippen LogP contribution in [0.3, 0.4) is 0 Å². The summed E-state index contributed by atoms with van der Waals surface area (Å²) in [5.74, 6) is 3.21. The minimum Gasteiger partial charge on any atom is -0.487 e. The number of terminal acetylenes is 1. The number of nitrogens with one attached hydrogen (secondary N) is 1. The molecule has 0 unspecified atom stereocenters. The number of thiazole rings is 1. The molecule has 5 nitrogen and oxygen atoms in total. The van der Waals surface area contributed by atoms with Crippen molar-refractivity contribution >= 4 is 33.9 Å². The molecular weight excluding hydrogens is 363 g/mol. The molecule has 0 radical (unpaired) electrons. The van der Waals surface area contributed by atoms with E-state index in [1.54, 1.807) is 36.1 Å². The molecule has 0 aliphatic heterocycles. The fourth-order valence-electron chi connectivity index (χ4n) is 2.51. The maximum absolute atomic E-state index is 13.3. The Hall–Kier alpha value is -3.50. The number of anilines is 2. The smallest absolute Gasteiger partial charge is 0.227 e. The van der Waals surface area contributed by atoms with E-state index in [1.807, 2.05) is 6.07 Å². The van der Waals surface area contributed by atoms with Gasteiger partial charge in [0, 0.05) is 29.5 Å². The number of ether oxygens (including phenoxy) is 1. The molecule has 2 heterocycles. The summed E-state index contributed by atoms with van der Waals surface area (Å²) >= 11 is 1.51. The van der Waals surface area contributed by atoms with E-state index in [9.17, 15) is 4.39 Å². The zero-order valence-electron chi connectivity index (χ0n) is 14.0. The van der Waals surface area contributed by atoms with E-state index in [4.69, 9.17) is 11.2 Å². The third-order valence-corrected chi connectivity index (χ3v) is 4.52. The van der Waals surface area contributed by atoms with E-state index in [0.29, 0.717) is 35.1 Å². The van der Waals surface area contributed by atoms with Gasteiger partial charge in [-0.25, -0.2) is 14.4 Å². The molecule has 0 bridgehead atoms. The monoisotopic (exact) mass is 376 g/mol. The number of aromatic nitrogens is 3. The highest BCUT2D eigenvalue weighted by Crippen LogP contribution is 2.26. The summed E-state index contributed by atoms with van der Waals surface area (Å²) in [6.45, 7) is 0.379. The van der Waals surface area contributed by atoms with Gasteiger partial charge in [0.15, 0.2) is 0 Å². The first-order chi connectivity index (χ1) is 13.2. The minimum absolute atomic E-state index is 0.335. The van der Waals surface area contributed by atoms with Crippen LogP contribution < -0.4 is 10.1 Å².